The molecule has 1 aromatic carbocycles. The van der Waals surface area contributed by atoms with Crippen LogP contribution in [0.1, 0.15) is 64.9 Å². The number of alkyl halides is 2. The number of nitrogens with zero attached hydrogens (tertiary/aromatic N) is 1. The maximum Gasteiger partial charge on any atom is 0.341 e. The first-order valence-corrected chi connectivity index (χ1v) is 15.6. The van der Waals surface area contributed by atoms with Gasteiger partial charge in [0.2, 0.25) is 0 Å². The lowest BCUT2D eigenvalue weighted by atomic mass is 9.44. The fourth-order valence-corrected chi connectivity index (χ4v) is 9.32. The minimum atomic E-state index is -2.19. The van der Waals surface area contributed by atoms with Gasteiger partial charge in [0.25, 0.3) is 0 Å². The van der Waals surface area contributed by atoms with Gasteiger partial charge in [0.15, 0.2) is 17.1 Å². The van der Waals surface area contributed by atoms with Crippen LogP contribution in [0.4, 0.5) is 8.78 Å². The van der Waals surface area contributed by atoms with Gasteiger partial charge in [0.1, 0.15) is 6.17 Å². The zero-order valence-corrected chi connectivity index (χ0v) is 24.9. The minimum absolute atomic E-state index is 0.0243. The molecule has 5 aliphatic rings. The second-order valence-electron chi connectivity index (χ2n) is 13.6. The van der Waals surface area contributed by atoms with Crippen molar-refractivity contribution < 1.29 is 33.1 Å². The Morgan fingerprint density at radius 1 is 1.17 bits per heavy atom. The van der Waals surface area contributed by atoms with Gasteiger partial charge in [0.05, 0.1) is 12.7 Å². The SMILES string of the molecule is CCCCOC(=O)[C@@]12ON(CCCc3ccccc3)C[C@@H]1C[C@H]1[C@@H]3C[C@H](F)C4=CC(=O)C=C[C@]4(C)[C@@]3(F)[C@@H](O)C[C@@]12C. The van der Waals surface area contributed by atoms with E-state index >= 15 is 8.78 Å². The van der Waals surface area contributed by atoms with Crippen LogP contribution < -0.4 is 0 Å². The third-order valence-electron chi connectivity index (χ3n) is 11.4. The maximum atomic E-state index is 17.6. The predicted octanol–water partition coefficient (Wildman–Crippen LogP) is 5.49. The third-order valence-corrected chi connectivity index (χ3v) is 11.4. The van der Waals surface area contributed by atoms with Crippen molar-refractivity contribution in [3.05, 3.63) is 59.7 Å². The molecule has 1 saturated heterocycles. The van der Waals surface area contributed by atoms with Gasteiger partial charge in [-0.15, -0.1) is 0 Å². The third kappa shape index (κ3) is 4.11. The highest BCUT2D eigenvalue weighted by molar-refractivity contribution is 6.01. The van der Waals surface area contributed by atoms with E-state index in [0.717, 1.165) is 19.3 Å². The van der Waals surface area contributed by atoms with E-state index in [1.165, 1.54) is 23.8 Å². The quantitative estimate of drug-likeness (QED) is 0.322. The number of aryl methyl sites for hydroxylation is 1. The molecule has 1 aromatic rings. The van der Waals surface area contributed by atoms with E-state index in [1.807, 2.05) is 37.1 Å². The van der Waals surface area contributed by atoms with Gasteiger partial charge in [-0.1, -0.05) is 56.7 Å². The highest BCUT2D eigenvalue weighted by Gasteiger charge is 2.80. The molecule has 9 atom stereocenters. The van der Waals surface area contributed by atoms with E-state index in [2.05, 4.69) is 12.1 Å². The Hall–Kier alpha value is -2.42. The van der Waals surface area contributed by atoms with Crippen LogP contribution in [0.3, 0.4) is 0 Å². The first kappa shape index (κ1) is 29.6. The Bertz CT molecular complexity index is 1290. The summed E-state index contributed by atoms with van der Waals surface area (Å²) in [5.74, 6) is -2.38. The van der Waals surface area contributed by atoms with Crippen molar-refractivity contribution in [3.63, 3.8) is 0 Å². The molecule has 0 bridgehead atoms. The summed E-state index contributed by atoms with van der Waals surface area (Å²) in [7, 11) is 0. The normalized spacial score (nSPS) is 42.4. The number of hydroxylamine groups is 2. The Morgan fingerprint density at radius 3 is 2.67 bits per heavy atom. The number of fused-ring (bicyclic) bond motifs is 7. The van der Waals surface area contributed by atoms with E-state index in [0.29, 0.717) is 25.9 Å². The molecule has 0 radical (unpaired) electrons. The number of aliphatic hydroxyl groups excluding tert-OH is 1. The molecule has 0 aromatic heterocycles. The van der Waals surface area contributed by atoms with Crippen molar-refractivity contribution in [3.8, 4) is 0 Å². The van der Waals surface area contributed by atoms with E-state index in [9.17, 15) is 14.7 Å². The molecule has 228 valence electrons. The molecule has 1 aliphatic heterocycles. The molecule has 0 unspecified atom stereocenters. The Labute approximate surface area is 247 Å². The fourth-order valence-electron chi connectivity index (χ4n) is 9.32. The largest absolute Gasteiger partial charge is 0.463 e. The average molecular weight is 584 g/mol. The number of hydrogen-bond donors (Lipinski definition) is 1. The molecule has 42 heavy (non-hydrogen) atoms. The molecular formula is C34H43F2NO5. The highest BCUT2D eigenvalue weighted by Crippen LogP contribution is 2.72. The second-order valence-corrected chi connectivity index (χ2v) is 13.6. The van der Waals surface area contributed by atoms with Crippen LogP contribution in [0.25, 0.3) is 0 Å². The van der Waals surface area contributed by atoms with Gasteiger partial charge in [0, 0.05) is 35.8 Å². The number of carbonyl (C=O) groups excluding carboxylic acids is 2. The topological polar surface area (TPSA) is 76.1 Å². The van der Waals surface area contributed by atoms with Gasteiger partial charge in [-0.2, -0.15) is 5.06 Å². The number of aliphatic hydroxyl groups is 1. The molecule has 6 nitrogen and oxygen atoms in total. The van der Waals surface area contributed by atoms with E-state index < -0.39 is 52.2 Å². The summed E-state index contributed by atoms with van der Waals surface area (Å²) in [4.78, 5) is 32.9. The maximum absolute atomic E-state index is 17.6. The number of esters is 1. The van der Waals surface area contributed by atoms with Crippen LogP contribution in [0.15, 0.2) is 54.1 Å². The lowest BCUT2D eigenvalue weighted by molar-refractivity contribution is -0.275. The predicted molar refractivity (Wildman–Crippen MR) is 154 cm³/mol. The Balaban J connectivity index is 1.32. The van der Waals surface area contributed by atoms with Crippen molar-refractivity contribution in [2.75, 3.05) is 19.7 Å². The number of hydrogen-bond acceptors (Lipinski definition) is 6. The number of unbranched alkanes of at least 4 members (excludes halogenated alkanes) is 1. The number of ether oxygens (including phenoxy) is 1. The van der Waals surface area contributed by atoms with Gasteiger partial charge < -0.3 is 9.84 Å². The summed E-state index contributed by atoms with van der Waals surface area (Å²) in [6.45, 7) is 6.90. The Kier molecular flexibility index (Phi) is 7.51. The molecule has 6 rings (SSSR count). The molecule has 4 fully saturated rings. The van der Waals surface area contributed by atoms with Crippen LogP contribution in [-0.4, -0.2) is 65.2 Å². The fraction of sp³-hybridized carbons (Fsp3) is 0.647. The Morgan fingerprint density at radius 2 is 1.93 bits per heavy atom. The van der Waals surface area contributed by atoms with Gasteiger partial charge >= 0.3 is 5.97 Å². The summed E-state index contributed by atoms with van der Waals surface area (Å²) < 4.78 is 39.3. The standard InChI is InChI=1S/C34H43F2NO5/c1-4-5-16-41-30(40)34-23(21-37(42-34)15-9-12-22-10-7-6-8-11-22)17-25-26-19-28(35)27-18-24(38)13-14-31(27,2)33(26,36)29(39)20-32(25,34)3/h6-8,10-11,13-14,18,23,25-26,28-29,39H,4-5,9,12,15-17,19-21H2,1-3H3/t23-,25-,26-,28-,29-,31-,32-,33-,34-/m0/s1. The number of allylic oxidation sites excluding steroid dienone is 4. The number of halogens is 2. The summed E-state index contributed by atoms with van der Waals surface area (Å²) in [6, 6.07) is 10.2. The molecule has 4 aliphatic carbocycles. The zero-order valence-electron chi connectivity index (χ0n) is 24.9. The van der Waals surface area contributed by atoms with Crippen LogP contribution in [0.5, 0.6) is 0 Å². The molecule has 1 N–H and O–H groups in total. The number of rotatable bonds is 8. The van der Waals surface area contributed by atoms with Crippen LogP contribution in [-0.2, 0) is 25.6 Å². The number of carbonyl (C=O) groups is 2. The molecule has 8 heteroatoms. The van der Waals surface area contributed by atoms with Crippen molar-refractivity contribution in [2.45, 2.75) is 89.3 Å². The minimum Gasteiger partial charge on any atom is -0.463 e. The van der Waals surface area contributed by atoms with Gasteiger partial charge in [-0.25, -0.2) is 13.6 Å². The molecule has 1 heterocycles. The van der Waals surface area contributed by atoms with Crippen molar-refractivity contribution >= 4 is 11.8 Å². The van der Waals surface area contributed by atoms with Gasteiger partial charge in [-0.3, -0.25) is 9.63 Å². The second kappa shape index (κ2) is 10.6. The smallest absolute Gasteiger partial charge is 0.341 e. The first-order chi connectivity index (χ1) is 20.0. The average Bonchev–Trinajstić information content (AvgIpc) is 3.44. The zero-order chi connectivity index (χ0) is 29.9. The van der Waals surface area contributed by atoms with E-state index in [1.54, 1.807) is 6.92 Å². The van der Waals surface area contributed by atoms with Crippen molar-refractivity contribution in [1.82, 2.24) is 5.06 Å². The summed E-state index contributed by atoms with van der Waals surface area (Å²) in [6.07, 6.45) is 4.51. The summed E-state index contributed by atoms with van der Waals surface area (Å²) >= 11 is 0. The molecule has 0 amide bonds. The molecule has 3 saturated carbocycles. The highest BCUT2D eigenvalue weighted by atomic mass is 19.1. The molecular weight excluding hydrogens is 540 g/mol. The van der Waals surface area contributed by atoms with Crippen LogP contribution >= 0.6 is 0 Å². The van der Waals surface area contributed by atoms with Crippen LogP contribution in [0, 0.1) is 28.6 Å². The lowest BCUT2D eigenvalue weighted by Gasteiger charge is -2.63. The number of ketones is 1. The van der Waals surface area contributed by atoms with E-state index in [4.69, 9.17) is 9.57 Å². The van der Waals surface area contributed by atoms with Gasteiger partial charge in [-0.05, 0) is 74.7 Å². The first-order valence-electron chi connectivity index (χ1n) is 15.6. The summed E-state index contributed by atoms with van der Waals surface area (Å²) in [5, 5.41) is 13.6. The molecule has 0 spiro atoms. The summed E-state index contributed by atoms with van der Waals surface area (Å²) in [5.41, 5.74) is -4.68. The van der Waals surface area contributed by atoms with Crippen molar-refractivity contribution in [1.29, 1.82) is 0 Å². The van der Waals surface area contributed by atoms with Crippen LogP contribution in [0.2, 0.25) is 0 Å². The monoisotopic (exact) mass is 583 g/mol. The lowest BCUT2D eigenvalue weighted by Crippen LogP contribution is -2.70. The van der Waals surface area contributed by atoms with Crippen molar-refractivity contribution in [2.24, 2.45) is 28.6 Å². The van der Waals surface area contributed by atoms with E-state index in [-0.39, 0.29) is 36.7 Å². The number of benzene rings is 1.